The van der Waals surface area contributed by atoms with Gasteiger partial charge in [0.15, 0.2) is 12.4 Å². The quantitative estimate of drug-likeness (QED) is 0.610. The molecule has 1 aliphatic rings. The first kappa shape index (κ1) is 20.8. The molecule has 1 amide bonds. The van der Waals surface area contributed by atoms with Crippen LogP contribution in [0.3, 0.4) is 0 Å². The summed E-state index contributed by atoms with van der Waals surface area (Å²) < 4.78 is 18.4. The van der Waals surface area contributed by atoms with E-state index < -0.39 is 0 Å². The van der Waals surface area contributed by atoms with Gasteiger partial charge in [-0.3, -0.25) is 4.79 Å². The molecule has 6 nitrogen and oxygen atoms in total. The van der Waals surface area contributed by atoms with Crippen molar-refractivity contribution in [1.29, 1.82) is 0 Å². The van der Waals surface area contributed by atoms with E-state index in [4.69, 9.17) is 4.74 Å². The van der Waals surface area contributed by atoms with E-state index in [0.29, 0.717) is 31.9 Å². The molecule has 0 unspecified atom stereocenters. The highest BCUT2D eigenvalue weighted by molar-refractivity contribution is 5.78. The maximum Gasteiger partial charge on any atom is 0.260 e. The van der Waals surface area contributed by atoms with E-state index >= 15 is 0 Å². The maximum atomic E-state index is 12.9. The minimum Gasteiger partial charge on any atom is -0.484 e. The highest BCUT2D eigenvalue weighted by atomic mass is 19.1. The molecule has 1 aliphatic heterocycles. The number of benzene rings is 2. The summed E-state index contributed by atoms with van der Waals surface area (Å²) in [5, 5.41) is 8.78. The predicted octanol–water partition coefficient (Wildman–Crippen LogP) is 3.57. The summed E-state index contributed by atoms with van der Waals surface area (Å²) in [6, 6.07) is 18.0. The van der Waals surface area contributed by atoms with Crippen LogP contribution in [-0.4, -0.2) is 53.8 Å². The van der Waals surface area contributed by atoms with Crippen molar-refractivity contribution >= 4 is 11.7 Å². The molecule has 7 heteroatoms. The number of halogens is 1. The molecule has 0 N–H and O–H groups in total. The van der Waals surface area contributed by atoms with Crippen molar-refractivity contribution in [2.24, 2.45) is 0 Å². The van der Waals surface area contributed by atoms with Crippen molar-refractivity contribution in [3.63, 3.8) is 0 Å². The van der Waals surface area contributed by atoms with Gasteiger partial charge in [-0.05, 0) is 48.4 Å². The molecular formula is C24H25FN4O2. The lowest BCUT2D eigenvalue weighted by Gasteiger charge is -2.35. The number of hydrogen-bond acceptors (Lipinski definition) is 5. The van der Waals surface area contributed by atoms with Crippen LogP contribution < -0.4 is 9.64 Å². The number of carbonyl (C=O) groups excluding carboxylic acids is 1. The number of hydrogen-bond donors (Lipinski definition) is 0. The first-order valence-electron chi connectivity index (χ1n) is 10.5. The van der Waals surface area contributed by atoms with Crippen LogP contribution in [0.4, 0.5) is 10.2 Å². The molecule has 1 saturated heterocycles. The second kappa shape index (κ2) is 9.55. The maximum absolute atomic E-state index is 12.9. The molecule has 0 bridgehead atoms. The number of aromatic nitrogens is 2. The van der Waals surface area contributed by atoms with Crippen molar-refractivity contribution in [1.82, 2.24) is 15.1 Å². The number of aryl methyl sites for hydroxylation is 1. The molecule has 31 heavy (non-hydrogen) atoms. The summed E-state index contributed by atoms with van der Waals surface area (Å²) in [5.74, 6) is 0.873. The molecule has 0 spiro atoms. The number of piperazine rings is 1. The monoisotopic (exact) mass is 420 g/mol. The standard InChI is InChI=1S/C24H25FN4O2/c1-2-18-3-5-19(6-4-18)22-11-12-23(27-26-22)28-13-15-29(16-14-28)24(30)17-31-21-9-7-20(25)8-10-21/h3-12H,2,13-17H2,1H3. The predicted molar refractivity (Wildman–Crippen MR) is 118 cm³/mol. The van der Waals surface area contributed by atoms with Crippen LogP contribution in [0.2, 0.25) is 0 Å². The van der Waals surface area contributed by atoms with Crippen LogP contribution in [0.25, 0.3) is 11.3 Å². The minimum atomic E-state index is -0.333. The van der Waals surface area contributed by atoms with Crippen molar-refractivity contribution in [3.8, 4) is 17.0 Å². The summed E-state index contributed by atoms with van der Waals surface area (Å²) in [6.07, 6.45) is 1.01. The first-order chi connectivity index (χ1) is 15.1. The van der Waals surface area contributed by atoms with Gasteiger partial charge in [0, 0.05) is 31.7 Å². The fraction of sp³-hybridized carbons (Fsp3) is 0.292. The van der Waals surface area contributed by atoms with Gasteiger partial charge in [0.1, 0.15) is 11.6 Å². The molecule has 160 valence electrons. The minimum absolute atomic E-state index is 0.0586. The summed E-state index contributed by atoms with van der Waals surface area (Å²) in [6.45, 7) is 4.62. The third kappa shape index (κ3) is 5.17. The molecule has 0 radical (unpaired) electrons. The zero-order valence-electron chi connectivity index (χ0n) is 17.5. The molecule has 0 saturated carbocycles. The topological polar surface area (TPSA) is 58.6 Å². The third-order valence-electron chi connectivity index (χ3n) is 5.44. The number of rotatable bonds is 6. The molecule has 3 aromatic rings. The normalized spacial score (nSPS) is 13.9. The van der Waals surface area contributed by atoms with Gasteiger partial charge in [-0.15, -0.1) is 10.2 Å². The summed E-state index contributed by atoms with van der Waals surface area (Å²) >= 11 is 0. The Bertz CT molecular complexity index is 999. The van der Waals surface area contributed by atoms with Crippen molar-refractivity contribution in [2.45, 2.75) is 13.3 Å². The molecular weight excluding hydrogens is 395 g/mol. The molecule has 2 aromatic carbocycles. The Labute approximate surface area is 181 Å². The van der Waals surface area contributed by atoms with Gasteiger partial charge >= 0.3 is 0 Å². The van der Waals surface area contributed by atoms with E-state index in [1.165, 1.54) is 29.8 Å². The second-order valence-electron chi connectivity index (χ2n) is 7.44. The highest BCUT2D eigenvalue weighted by Crippen LogP contribution is 2.20. The van der Waals surface area contributed by atoms with Gasteiger partial charge in [-0.25, -0.2) is 4.39 Å². The SMILES string of the molecule is CCc1ccc(-c2ccc(N3CCN(C(=O)COc4ccc(F)cc4)CC3)nn2)cc1. The fourth-order valence-electron chi connectivity index (χ4n) is 3.51. The molecule has 1 fully saturated rings. The van der Waals surface area contributed by atoms with Crippen LogP contribution in [0.5, 0.6) is 5.75 Å². The average molecular weight is 420 g/mol. The average Bonchev–Trinajstić information content (AvgIpc) is 2.84. The Balaban J connectivity index is 1.28. The molecule has 2 heterocycles. The van der Waals surface area contributed by atoms with E-state index in [0.717, 1.165) is 23.5 Å². The summed E-state index contributed by atoms with van der Waals surface area (Å²) in [5.41, 5.74) is 3.19. The van der Waals surface area contributed by atoms with Gasteiger partial charge in [0.05, 0.1) is 5.69 Å². The fourth-order valence-corrected chi connectivity index (χ4v) is 3.51. The van der Waals surface area contributed by atoms with E-state index in [9.17, 15) is 9.18 Å². The smallest absolute Gasteiger partial charge is 0.260 e. The molecule has 4 rings (SSSR count). The van der Waals surface area contributed by atoms with Crippen molar-refractivity contribution in [3.05, 3.63) is 72.0 Å². The van der Waals surface area contributed by atoms with E-state index in [-0.39, 0.29) is 18.3 Å². The van der Waals surface area contributed by atoms with Crippen LogP contribution in [0, 0.1) is 5.82 Å². The number of amides is 1. The zero-order valence-corrected chi connectivity index (χ0v) is 17.5. The summed E-state index contributed by atoms with van der Waals surface area (Å²) in [4.78, 5) is 16.3. The van der Waals surface area contributed by atoms with Gasteiger partial charge < -0.3 is 14.5 Å². The molecule has 0 atom stereocenters. The Morgan fingerprint density at radius 3 is 2.26 bits per heavy atom. The highest BCUT2D eigenvalue weighted by Gasteiger charge is 2.22. The van der Waals surface area contributed by atoms with Crippen LogP contribution in [-0.2, 0) is 11.2 Å². The number of anilines is 1. The molecule has 1 aromatic heterocycles. The Morgan fingerprint density at radius 2 is 1.65 bits per heavy atom. The van der Waals surface area contributed by atoms with Gasteiger partial charge in [-0.2, -0.15) is 0 Å². The van der Waals surface area contributed by atoms with Crippen LogP contribution >= 0.6 is 0 Å². The van der Waals surface area contributed by atoms with E-state index in [2.05, 4.69) is 46.3 Å². The summed E-state index contributed by atoms with van der Waals surface area (Å²) in [7, 11) is 0. The van der Waals surface area contributed by atoms with Crippen molar-refractivity contribution < 1.29 is 13.9 Å². The van der Waals surface area contributed by atoms with Gasteiger partial charge in [0.25, 0.3) is 5.91 Å². The Hall–Kier alpha value is -3.48. The lowest BCUT2D eigenvalue weighted by atomic mass is 10.1. The molecule has 0 aliphatic carbocycles. The van der Waals surface area contributed by atoms with Crippen LogP contribution in [0.15, 0.2) is 60.7 Å². The Kier molecular flexibility index (Phi) is 6.40. The number of nitrogens with zero attached hydrogens (tertiary/aromatic N) is 4. The van der Waals surface area contributed by atoms with Gasteiger partial charge in [0.2, 0.25) is 0 Å². The first-order valence-corrected chi connectivity index (χ1v) is 10.5. The lowest BCUT2D eigenvalue weighted by Crippen LogP contribution is -2.50. The van der Waals surface area contributed by atoms with Crippen molar-refractivity contribution in [2.75, 3.05) is 37.7 Å². The van der Waals surface area contributed by atoms with Crippen LogP contribution in [0.1, 0.15) is 12.5 Å². The van der Waals surface area contributed by atoms with E-state index in [1.807, 2.05) is 12.1 Å². The Morgan fingerprint density at radius 1 is 0.935 bits per heavy atom. The zero-order chi connectivity index (χ0) is 21.6. The third-order valence-corrected chi connectivity index (χ3v) is 5.44. The number of ether oxygens (including phenoxy) is 1. The lowest BCUT2D eigenvalue weighted by molar-refractivity contribution is -0.133. The van der Waals surface area contributed by atoms with E-state index in [1.54, 1.807) is 4.90 Å². The number of carbonyl (C=O) groups is 1. The second-order valence-corrected chi connectivity index (χ2v) is 7.44. The van der Waals surface area contributed by atoms with Gasteiger partial charge in [-0.1, -0.05) is 31.2 Å². The largest absolute Gasteiger partial charge is 0.484 e.